The maximum absolute atomic E-state index is 12.5. The minimum absolute atomic E-state index is 0.109. The number of hydrogen-bond acceptors (Lipinski definition) is 4. The van der Waals surface area contributed by atoms with E-state index in [1.165, 1.54) is 5.56 Å². The predicted octanol–water partition coefficient (Wildman–Crippen LogP) is 3.13. The van der Waals surface area contributed by atoms with Gasteiger partial charge in [0.15, 0.2) is 5.78 Å². The van der Waals surface area contributed by atoms with Crippen molar-refractivity contribution >= 4 is 23.3 Å². The molecule has 0 fully saturated rings. The number of amides is 2. The second-order valence-corrected chi connectivity index (χ2v) is 7.43. The Labute approximate surface area is 180 Å². The normalized spacial score (nSPS) is 12.6. The molecule has 1 aliphatic rings. The smallest absolute Gasteiger partial charge is 0.269 e. The standard InChI is InChI=1S/C25H23N3O3/c29-23(17-28-16-6-10-18-7-4-5-11-22(18)28)26-27-25(31)21-14-12-20(13-15-21)24(30)19-8-2-1-3-9-19/h1-5,7-9,11-15H,6,10,16-17H2,(H,26,29)(H,27,31). The average Bonchev–Trinajstić information content (AvgIpc) is 2.83. The number of hydrazine groups is 1. The number of carbonyl (C=O) groups is 3. The summed E-state index contributed by atoms with van der Waals surface area (Å²) in [6.45, 7) is 0.969. The molecule has 0 saturated heterocycles. The van der Waals surface area contributed by atoms with Crippen LogP contribution in [0.25, 0.3) is 0 Å². The topological polar surface area (TPSA) is 78.5 Å². The van der Waals surface area contributed by atoms with Crippen LogP contribution in [0.15, 0.2) is 78.9 Å². The van der Waals surface area contributed by atoms with Crippen molar-refractivity contribution in [2.24, 2.45) is 0 Å². The molecule has 2 amide bonds. The summed E-state index contributed by atoms with van der Waals surface area (Å²) in [6.07, 6.45) is 2.00. The summed E-state index contributed by atoms with van der Waals surface area (Å²) in [7, 11) is 0. The first-order valence-electron chi connectivity index (χ1n) is 10.2. The molecular weight excluding hydrogens is 390 g/mol. The van der Waals surface area contributed by atoms with E-state index in [1.54, 1.807) is 48.5 Å². The number of ketones is 1. The van der Waals surface area contributed by atoms with Gasteiger partial charge in [0.25, 0.3) is 11.8 Å². The molecule has 0 radical (unpaired) electrons. The summed E-state index contributed by atoms with van der Waals surface area (Å²) >= 11 is 0. The lowest BCUT2D eigenvalue weighted by Crippen LogP contribution is -2.47. The molecule has 0 atom stereocenters. The van der Waals surface area contributed by atoms with Gasteiger partial charge in [0.1, 0.15) is 0 Å². The van der Waals surface area contributed by atoms with Gasteiger partial charge < -0.3 is 4.90 Å². The molecule has 0 spiro atoms. The van der Waals surface area contributed by atoms with Crippen LogP contribution in [0.5, 0.6) is 0 Å². The van der Waals surface area contributed by atoms with E-state index in [0.717, 1.165) is 25.1 Å². The summed E-state index contributed by atoms with van der Waals surface area (Å²) in [6, 6.07) is 23.4. The second kappa shape index (κ2) is 9.26. The number of carbonyl (C=O) groups excluding carboxylic acids is 3. The first-order chi connectivity index (χ1) is 15.1. The lowest BCUT2D eigenvalue weighted by molar-refractivity contribution is -0.120. The number of hydrogen-bond donors (Lipinski definition) is 2. The van der Waals surface area contributed by atoms with Gasteiger partial charge in [-0.3, -0.25) is 25.2 Å². The Morgan fingerprint density at radius 2 is 1.39 bits per heavy atom. The number of fused-ring (bicyclic) bond motifs is 1. The van der Waals surface area contributed by atoms with E-state index in [-0.39, 0.29) is 18.2 Å². The summed E-state index contributed by atoms with van der Waals surface area (Å²) in [5, 5.41) is 0. The third-order valence-corrected chi connectivity index (χ3v) is 5.30. The van der Waals surface area contributed by atoms with Gasteiger partial charge in [-0.1, -0.05) is 60.7 Å². The van der Waals surface area contributed by atoms with Gasteiger partial charge in [-0.15, -0.1) is 0 Å². The highest BCUT2D eigenvalue weighted by molar-refractivity contribution is 6.09. The molecule has 6 heteroatoms. The van der Waals surface area contributed by atoms with E-state index >= 15 is 0 Å². The summed E-state index contributed by atoms with van der Waals surface area (Å²) in [5.74, 6) is -0.838. The molecule has 0 bridgehead atoms. The third kappa shape index (κ3) is 4.80. The molecule has 4 rings (SSSR count). The van der Waals surface area contributed by atoms with E-state index in [2.05, 4.69) is 16.9 Å². The summed E-state index contributed by atoms with van der Waals surface area (Å²) in [4.78, 5) is 39.2. The van der Waals surface area contributed by atoms with Crippen molar-refractivity contribution in [3.05, 3.63) is 101 Å². The Kier molecular flexibility index (Phi) is 6.08. The van der Waals surface area contributed by atoms with Gasteiger partial charge in [-0.05, 0) is 36.6 Å². The fraction of sp³-hybridized carbons (Fsp3) is 0.160. The molecule has 0 aliphatic carbocycles. The number of rotatable bonds is 5. The van der Waals surface area contributed by atoms with Crippen LogP contribution in [0.3, 0.4) is 0 Å². The molecule has 0 aromatic heterocycles. The highest BCUT2D eigenvalue weighted by atomic mass is 16.2. The van der Waals surface area contributed by atoms with Crippen LogP contribution in [-0.2, 0) is 11.2 Å². The van der Waals surface area contributed by atoms with Gasteiger partial charge in [0.2, 0.25) is 0 Å². The van der Waals surface area contributed by atoms with E-state index in [1.807, 2.05) is 29.2 Å². The number of para-hydroxylation sites is 1. The fourth-order valence-electron chi connectivity index (χ4n) is 3.72. The highest BCUT2D eigenvalue weighted by Gasteiger charge is 2.19. The third-order valence-electron chi connectivity index (χ3n) is 5.30. The van der Waals surface area contributed by atoms with Crippen LogP contribution in [0.4, 0.5) is 5.69 Å². The molecule has 6 nitrogen and oxygen atoms in total. The molecule has 3 aromatic carbocycles. The zero-order chi connectivity index (χ0) is 21.6. The summed E-state index contributed by atoms with van der Waals surface area (Å²) < 4.78 is 0. The van der Waals surface area contributed by atoms with Crippen LogP contribution in [0.2, 0.25) is 0 Å². The van der Waals surface area contributed by atoms with Crippen molar-refractivity contribution in [3.8, 4) is 0 Å². The Morgan fingerprint density at radius 3 is 2.16 bits per heavy atom. The summed E-state index contributed by atoms with van der Waals surface area (Å²) in [5.41, 5.74) is 8.65. The van der Waals surface area contributed by atoms with Crippen molar-refractivity contribution < 1.29 is 14.4 Å². The van der Waals surface area contributed by atoms with E-state index in [0.29, 0.717) is 16.7 Å². The Morgan fingerprint density at radius 1 is 0.742 bits per heavy atom. The Bertz CT molecular complexity index is 1090. The van der Waals surface area contributed by atoms with Crippen molar-refractivity contribution in [2.45, 2.75) is 12.8 Å². The molecular formula is C25H23N3O3. The van der Waals surface area contributed by atoms with Crippen molar-refractivity contribution in [2.75, 3.05) is 18.0 Å². The lowest BCUT2D eigenvalue weighted by atomic mass is 10.0. The molecule has 2 N–H and O–H groups in total. The number of nitrogens with zero attached hydrogens (tertiary/aromatic N) is 1. The molecule has 3 aromatic rings. The van der Waals surface area contributed by atoms with Crippen molar-refractivity contribution in [1.82, 2.24) is 10.9 Å². The molecule has 0 unspecified atom stereocenters. The first-order valence-corrected chi connectivity index (χ1v) is 10.2. The van der Waals surface area contributed by atoms with Crippen LogP contribution in [-0.4, -0.2) is 30.7 Å². The van der Waals surface area contributed by atoms with Gasteiger partial charge in [-0.2, -0.15) is 0 Å². The minimum atomic E-state index is -0.439. The van der Waals surface area contributed by atoms with E-state index in [4.69, 9.17) is 0 Å². The van der Waals surface area contributed by atoms with Gasteiger partial charge in [0, 0.05) is 28.9 Å². The number of aryl methyl sites for hydroxylation is 1. The van der Waals surface area contributed by atoms with Crippen molar-refractivity contribution in [3.63, 3.8) is 0 Å². The van der Waals surface area contributed by atoms with Crippen LogP contribution >= 0.6 is 0 Å². The highest BCUT2D eigenvalue weighted by Crippen LogP contribution is 2.26. The number of nitrogens with one attached hydrogen (secondary N) is 2. The predicted molar refractivity (Wildman–Crippen MR) is 119 cm³/mol. The van der Waals surface area contributed by atoms with Crippen LogP contribution in [0, 0.1) is 0 Å². The Hall–Kier alpha value is -3.93. The fourth-order valence-corrected chi connectivity index (χ4v) is 3.72. The SMILES string of the molecule is O=C(CN1CCCc2ccccc21)NNC(=O)c1ccc(C(=O)c2ccccc2)cc1. The zero-order valence-corrected chi connectivity index (χ0v) is 17.0. The van der Waals surface area contributed by atoms with Crippen molar-refractivity contribution in [1.29, 1.82) is 0 Å². The maximum atomic E-state index is 12.5. The van der Waals surface area contributed by atoms with Crippen LogP contribution in [0.1, 0.15) is 38.3 Å². The van der Waals surface area contributed by atoms with Gasteiger partial charge in [0.05, 0.1) is 6.54 Å². The molecule has 31 heavy (non-hydrogen) atoms. The molecule has 1 heterocycles. The van der Waals surface area contributed by atoms with E-state index < -0.39 is 5.91 Å². The number of anilines is 1. The Balaban J connectivity index is 1.32. The minimum Gasteiger partial charge on any atom is -0.362 e. The van der Waals surface area contributed by atoms with E-state index in [9.17, 15) is 14.4 Å². The number of benzene rings is 3. The van der Waals surface area contributed by atoms with Crippen LogP contribution < -0.4 is 15.8 Å². The van der Waals surface area contributed by atoms with Gasteiger partial charge in [-0.25, -0.2) is 0 Å². The van der Waals surface area contributed by atoms with Gasteiger partial charge >= 0.3 is 0 Å². The lowest BCUT2D eigenvalue weighted by Gasteiger charge is -2.30. The monoisotopic (exact) mass is 413 g/mol. The molecule has 156 valence electrons. The molecule has 0 saturated carbocycles. The quantitative estimate of drug-likeness (QED) is 0.498. The first kappa shape index (κ1) is 20.3. The second-order valence-electron chi connectivity index (χ2n) is 7.43. The zero-order valence-electron chi connectivity index (χ0n) is 17.0. The average molecular weight is 413 g/mol. The largest absolute Gasteiger partial charge is 0.362 e. The maximum Gasteiger partial charge on any atom is 0.269 e. The molecule has 1 aliphatic heterocycles.